The maximum atomic E-state index is 8.90. The summed E-state index contributed by atoms with van der Waals surface area (Å²) in [5, 5.41) is 20.8. The van der Waals surface area contributed by atoms with E-state index in [4.69, 9.17) is 10.2 Å². The molecule has 0 rings (SSSR count). The molecule has 1 unspecified atom stereocenters. The molecule has 3 N–H and O–H groups in total. The molecule has 0 radical (unpaired) electrons. The van der Waals surface area contributed by atoms with Gasteiger partial charge in [-0.2, -0.15) is 0 Å². The van der Waals surface area contributed by atoms with Crippen molar-refractivity contribution in [1.29, 1.82) is 0 Å². The third-order valence-corrected chi connectivity index (χ3v) is 1.47. The molecule has 0 heterocycles. The molecule has 0 spiro atoms. The van der Waals surface area contributed by atoms with Crippen molar-refractivity contribution in [3.63, 3.8) is 0 Å². The summed E-state index contributed by atoms with van der Waals surface area (Å²) in [5.74, 6) is 0. The molecule has 0 bridgehead atoms. The van der Waals surface area contributed by atoms with Crippen LogP contribution in [0.4, 0.5) is 0 Å². The third-order valence-electron chi connectivity index (χ3n) is 1.47. The van der Waals surface area contributed by atoms with Gasteiger partial charge in [-0.3, -0.25) is 0 Å². The fourth-order valence-corrected chi connectivity index (χ4v) is 0.675. The second-order valence-electron chi connectivity index (χ2n) is 3.80. The second kappa shape index (κ2) is 4.70. The van der Waals surface area contributed by atoms with E-state index in [2.05, 4.69) is 5.32 Å². The van der Waals surface area contributed by atoms with Crippen molar-refractivity contribution in [1.82, 2.24) is 5.32 Å². The lowest BCUT2D eigenvalue weighted by molar-refractivity contribution is 0.143. The Morgan fingerprint density at radius 1 is 1.45 bits per heavy atom. The van der Waals surface area contributed by atoms with Crippen molar-refractivity contribution in [3.8, 4) is 0 Å². The van der Waals surface area contributed by atoms with Crippen LogP contribution in [0.3, 0.4) is 0 Å². The maximum absolute atomic E-state index is 8.90. The third kappa shape index (κ3) is 6.28. The fourth-order valence-electron chi connectivity index (χ4n) is 0.675. The van der Waals surface area contributed by atoms with E-state index < -0.39 is 0 Å². The van der Waals surface area contributed by atoms with E-state index in [9.17, 15) is 0 Å². The van der Waals surface area contributed by atoms with Crippen LogP contribution in [-0.4, -0.2) is 36.0 Å². The molecular weight excluding hydrogens is 142 g/mol. The first-order valence-electron chi connectivity index (χ1n) is 3.97. The fraction of sp³-hybridized carbons (Fsp3) is 1.00. The van der Waals surface area contributed by atoms with Crippen LogP contribution in [0.5, 0.6) is 0 Å². The van der Waals surface area contributed by atoms with E-state index in [0.717, 1.165) is 6.54 Å². The molecule has 0 fully saturated rings. The van der Waals surface area contributed by atoms with Crippen molar-refractivity contribution >= 4 is 0 Å². The molecule has 0 saturated heterocycles. The molecule has 11 heavy (non-hydrogen) atoms. The average Bonchev–Trinajstić information content (AvgIpc) is 1.87. The molecule has 0 amide bonds. The van der Waals surface area contributed by atoms with Gasteiger partial charge in [0, 0.05) is 25.1 Å². The van der Waals surface area contributed by atoms with Crippen LogP contribution in [0.1, 0.15) is 20.8 Å². The summed E-state index contributed by atoms with van der Waals surface area (Å²) >= 11 is 0. The maximum Gasteiger partial charge on any atom is 0.0636 e. The topological polar surface area (TPSA) is 52.5 Å². The van der Waals surface area contributed by atoms with Gasteiger partial charge < -0.3 is 15.5 Å². The van der Waals surface area contributed by atoms with Crippen molar-refractivity contribution in [2.45, 2.75) is 26.9 Å². The van der Waals surface area contributed by atoms with Gasteiger partial charge in [0.25, 0.3) is 0 Å². The highest BCUT2D eigenvalue weighted by atomic mass is 16.3. The van der Waals surface area contributed by atoms with E-state index >= 15 is 0 Å². The van der Waals surface area contributed by atoms with Gasteiger partial charge in [-0.15, -0.1) is 0 Å². The van der Waals surface area contributed by atoms with Crippen LogP contribution < -0.4 is 5.32 Å². The van der Waals surface area contributed by atoms with Crippen molar-refractivity contribution in [2.75, 3.05) is 19.7 Å². The Bertz CT molecular complexity index is 102. The minimum Gasteiger partial charge on any atom is -0.396 e. The number of nitrogens with one attached hydrogen (secondary N) is 1. The lowest BCUT2D eigenvalue weighted by atomic mass is 9.95. The van der Waals surface area contributed by atoms with Crippen LogP contribution in [0.25, 0.3) is 0 Å². The Labute approximate surface area is 68.4 Å². The van der Waals surface area contributed by atoms with Crippen LogP contribution in [0.2, 0.25) is 0 Å². The molecule has 0 aliphatic heterocycles. The smallest absolute Gasteiger partial charge is 0.0636 e. The first-order chi connectivity index (χ1) is 4.98. The Morgan fingerprint density at radius 3 is 2.36 bits per heavy atom. The molecular formula is C8H19NO2. The Morgan fingerprint density at radius 2 is 2.00 bits per heavy atom. The van der Waals surface area contributed by atoms with E-state index in [0.29, 0.717) is 6.54 Å². The monoisotopic (exact) mass is 161 g/mol. The molecule has 0 aromatic heterocycles. The second-order valence-corrected chi connectivity index (χ2v) is 3.80. The normalized spacial score (nSPS) is 15.0. The molecule has 68 valence electrons. The van der Waals surface area contributed by atoms with Crippen molar-refractivity contribution < 1.29 is 10.2 Å². The lowest BCUT2D eigenvalue weighted by Crippen LogP contribution is -2.35. The van der Waals surface area contributed by atoms with Gasteiger partial charge in [-0.1, -0.05) is 13.8 Å². The largest absolute Gasteiger partial charge is 0.396 e. The Kier molecular flexibility index (Phi) is 4.65. The molecule has 1 atom stereocenters. The number of hydrogen-bond donors (Lipinski definition) is 3. The quantitative estimate of drug-likeness (QED) is 0.531. The molecule has 0 saturated carbocycles. The van der Waals surface area contributed by atoms with Gasteiger partial charge in [0.2, 0.25) is 0 Å². The molecule has 0 aromatic carbocycles. The van der Waals surface area contributed by atoms with Gasteiger partial charge in [-0.05, 0) is 6.92 Å². The van der Waals surface area contributed by atoms with Crippen molar-refractivity contribution in [2.24, 2.45) is 5.41 Å². The summed E-state index contributed by atoms with van der Waals surface area (Å²) in [4.78, 5) is 0. The number of hydrogen-bond acceptors (Lipinski definition) is 3. The summed E-state index contributed by atoms with van der Waals surface area (Å²) in [6, 6.07) is 0. The summed E-state index contributed by atoms with van der Waals surface area (Å²) in [6.45, 7) is 7.17. The van der Waals surface area contributed by atoms with E-state index in [1.807, 2.05) is 13.8 Å². The van der Waals surface area contributed by atoms with Gasteiger partial charge in [0.15, 0.2) is 0 Å². The van der Waals surface area contributed by atoms with E-state index in [1.54, 1.807) is 6.92 Å². The van der Waals surface area contributed by atoms with Crippen molar-refractivity contribution in [3.05, 3.63) is 0 Å². The van der Waals surface area contributed by atoms with Crippen LogP contribution in [-0.2, 0) is 0 Å². The first kappa shape index (κ1) is 10.9. The highest BCUT2D eigenvalue weighted by molar-refractivity contribution is 4.70. The van der Waals surface area contributed by atoms with Crippen LogP contribution in [0, 0.1) is 5.41 Å². The first-order valence-corrected chi connectivity index (χ1v) is 3.97. The highest BCUT2D eigenvalue weighted by Crippen LogP contribution is 2.10. The van der Waals surface area contributed by atoms with Crippen LogP contribution in [0.15, 0.2) is 0 Å². The molecule has 0 aromatic rings. The number of rotatable bonds is 5. The lowest BCUT2D eigenvalue weighted by Gasteiger charge is -2.22. The SMILES string of the molecule is CC(O)CNCC(C)(C)CO. The predicted molar refractivity (Wildman–Crippen MR) is 45.4 cm³/mol. The Balaban J connectivity index is 3.38. The predicted octanol–water partition coefficient (Wildman–Crippen LogP) is -0.0247. The van der Waals surface area contributed by atoms with Crippen LogP contribution >= 0.6 is 0 Å². The summed E-state index contributed by atoms with van der Waals surface area (Å²) in [5.41, 5.74) is -0.0884. The number of aliphatic hydroxyl groups excluding tert-OH is 2. The summed E-state index contributed by atoms with van der Waals surface area (Å²) in [6.07, 6.45) is -0.315. The summed E-state index contributed by atoms with van der Waals surface area (Å²) < 4.78 is 0. The minimum atomic E-state index is -0.315. The zero-order valence-electron chi connectivity index (χ0n) is 7.59. The van der Waals surface area contributed by atoms with E-state index in [-0.39, 0.29) is 18.1 Å². The average molecular weight is 161 g/mol. The van der Waals surface area contributed by atoms with E-state index in [1.165, 1.54) is 0 Å². The highest BCUT2D eigenvalue weighted by Gasteiger charge is 2.15. The zero-order valence-corrected chi connectivity index (χ0v) is 7.59. The minimum absolute atomic E-state index is 0.0884. The zero-order chi connectivity index (χ0) is 8.91. The molecule has 0 aliphatic carbocycles. The Hall–Kier alpha value is -0.120. The van der Waals surface area contributed by atoms with Gasteiger partial charge >= 0.3 is 0 Å². The summed E-state index contributed by atoms with van der Waals surface area (Å²) in [7, 11) is 0. The van der Waals surface area contributed by atoms with Gasteiger partial charge in [0.1, 0.15) is 0 Å². The van der Waals surface area contributed by atoms with Gasteiger partial charge in [0.05, 0.1) is 6.10 Å². The number of aliphatic hydroxyl groups is 2. The molecule has 3 nitrogen and oxygen atoms in total. The molecule has 3 heteroatoms. The van der Waals surface area contributed by atoms with Gasteiger partial charge in [-0.25, -0.2) is 0 Å². The molecule has 0 aliphatic rings. The standard InChI is InChI=1S/C8H19NO2/c1-7(11)4-9-5-8(2,3)6-10/h7,9-11H,4-6H2,1-3H3.